The van der Waals surface area contributed by atoms with E-state index < -0.39 is 0 Å². The van der Waals surface area contributed by atoms with Crippen molar-refractivity contribution in [2.24, 2.45) is 0 Å². The maximum Gasteiger partial charge on any atom is 0.267 e. The van der Waals surface area contributed by atoms with E-state index in [2.05, 4.69) is 5.48 Å². The van der Waals surface area contributed by atoms with Crippen LogP contribution in [0.5, 0.6) is 5.75 Å². The molecule has 0 aliphatic carbocycles. The van der Waals surface area contributed by atoms with E-state index in [-0.39, 0.29) is 5.91 Å². The summed E-state index contributed by atoms with van der Waals surface area (Å²) in [5, 5.41) is 2.18. The van der Waals surface area contributed by atoms with Gasteiger partial charge in [-0.3, -0.25) is 9.63 Å². The van der Waals surface area contributed by atoms with Crippen LogP contribution in [0, 0.1) is 0 Å². The highest BCUT2D eigenvalue weighted by Gasteiger charge is 1.99. The molecule has 0 atom stereocenters. The molecule has 0 radical (unpaired) electrons. The third-order valence-electron chi connectivity index (χ3n) is 3.75. The van der Waals surface area contributed by atoms with Crippen molar-refractivity contribution < 1.29 is 14.4 Å². The predicted octanol–water partition coefficient (Wildman–Crippen LogP) is 4.11. The van der Waals surface area contributed by atoms with E-state index in [1.807, 2.05) is 66.7 Å². The average molecular weight is 333 g/mol. The summed E-state index contributed by atoms with van der Waals surface area (Å²) < 4.78 is 5.22. The Balaban J connectivity index is 1.57. The van der Waals surface area contributed by atoms with E-state index in [9.17, 15) is 4.79 Å². The highest BCUT2D eigenvalue weighted by Crippen LogP contribution is 2.22. The van der Waals surface area contributed by atoms with Gasteiger partial charge in [0.25, 0.3) is 5.91 Å². The minimum Gasteiger partial charge on any atom is -0.497 e. The Hall–Kier alpha value is -3.11. The molecule has 0 fully saturated rings. The zero-order chi connectivity index (χ0) is 17.5. The zero-order valence-corrected chi connectivity index (χ0v) is 13.9. The number of methoxy groups -OCH3 is 1. The second-order valence-electron chi connectivity index (χ2n) is 5.55. The maximum atomic E-state index is 11.8. The second-order valence-corrected chi connectivity index (χ2v) is 5.55. The molecular weight excluding hydrogens is 314 g/mol. The molecule has 3 rings (SSSR count). The van der Waals surface area contributed by atoms with Crippen molar-refractivity contribution in [1.29, 1.82) is 0 Å². The number of hydroxylamine groups is 1. The Morgan fingerprint density at radius 3 is 2.56 bits per heavy atom. The summed E-state index contributed by atoms with van der Waals surface area (Å²) >= 11 is 0. The molecule has 0 aliphatic rings. The van der Waals surface area contributed by atoms with Gasteiger partial charge < -0.3 is 4.74 Å². The summed E-state index contributed by atoms with van der Waals surface area (Å²) in [6.07, 6.45) is 3.21. The summed E-state index contributed by atoms with van der Waals surface area (Å²) in [5.41, 5.74) is 4.35. The highest BCUT2D eigenvalue weighted by atomic mass is 16.6. The van der Waals surface area contributed by atoms with Crippen LogP contribution in [0.3, 0.4) is 0 Å². The quantitative estimate of drug-likeness (QED) is 0.545. The molecule has 0 aliphatic heterocycles. The number of hydrogen-bond acceptors (Lipinski definition) is 3. The highest BCUT2D eigenvalue weighted by molar-refractivity contribution is 5.92. The molecule has 4 nitrogen and oxygen atoms in total. The largest absolute Gasteiger partial charge is 0.497 e. The van der Waals surface area contributed by atoms with E-state index in [0.29, 0.717) is 6.61 Å². The number of carbonyl (C=O) groups is 1. The summed E-state index contributed by atoms with van der Waals surface area (Å²) in [4.78, 5) is 17.0. The summed E-state index contributed by atoms with van der Waals surface area (Å²) in [6, 6.07) is 21.5. The number of amides is 1. The van der Waals surface area contributed by atoms with Crippen LogP contribution >= 0.6 is 0 Å². The van der Waals surface area contributed by atoms with Gasteiger partial charge in [0.15, 0.2) is 0 Å². The van der Waals surface area contributed by atoms with Gasteiger partial charge in [0.2, 0.25) is 0 Å². The third-order valence-corrected chi connectivity index (χ3v) is 3.75. The van der Waals surface area contributed by atoms with Crippen molar-refractivity contribution in [1.82, 2.24) is 5.48 Å². The first-order valence-corrected chi connectivity index (χ1v) is 7.96. The molecule has 0 saturated heterocycles. The number of benzene rings is 3. The maximum absolute atomic E-state index is 11.8. The second kappa shape index (κ2) is 8.13. The molecule has 0 aromatic heterocycles. The molecule has 0 heterocycles. The zero-order valence-electron chi connectivity index (χ0n) is 13.9. The number of carbonyl (C=O) groups excluding carboxylic acids is 1. The average Bonchev–Trinajstić information content (AvgIpc) is 2.66. The first-order chi connectivity index (χ1) is 12.2. The van der Waals surface area contributed by atoms with Crippen LogP contribution < -0.4 is 10.2 Å². The van der Waals surface area contributed by atoms with Gasteiger partial charge in [0.1, 0.15) is 5.75 Å². The molecule has 25 heavy (non-hydrogen) atoms. The number of hydrogen-bond donors (Lipinski definition) is 1. The van der Waals surface area contributed by atoms with E-state index in [1.165, 1.54) is 6.08 Å². The molecule has 0 spiro atoms. The van der Waals surface area contributed by atoms with Crippen molar-refractivity contribution in [3.05, 3.63) is 83.9 Å². The van der Waals surface area contributed by atoms with Crippen LogP contribution in [-0.4, -0.2) is 13.0 Å². The van der Waals surface area contributed by atoms with Crippen molar-refractivity contribution in [2.75, 3.05) is 7.11 Å². The van der Waals surface area contributed by atoms with Gasteiger partial charge in [-0.1, -0.05) is 48.5 Å². The third kappa shape index (κ3) is 4.68. The molecule has 0 unspecified atom stereocenters. The number of ether oxygens (including phenoxy) is 1. The molecule has 4 heteroatoms. The minimum atomic E-state index is -0.300. The SMILES string of the molecule is COc1ccc2cc(/C=C/C(=O)NOCc3ccccc3)ccc2c1. The fraction of sp³-hybridized carbons (Fsp3) is 0.0952. The van der Waals surface area contributed by atoms with Crippen LogP contribution in [0.25, 0.3) is 16.8 Å². The van der Waals surface area contributed by atoms with Crippen molar-refractivity contribution in [3.8, 4) is 5.75 Å². The van der Waals surface area contributed by atoms with Gasteiger partial charge in [-0.15, -0.1) is 0 Å². The molecule has 0 bridgehead atoms. The Morgan fingerprint density at radius 2 is 1.76 bits per heavy atom. The minimum absolute atomic E-state index is 0.300. The lowest BCUT2D eigenvalue weighted by atomic mass is 10.1. The van der Waals surface area contributed by atoms with E-state index >= 15 is 0 Å². The molecule has 3 aromatic carbocycles. The standard InChI is InChI=1S/C21H19NO3/c1-24-20-11-10-18-13-16(7-9-19(18)14-20)8-12-21(23)22-25-15-17-5-3-2-4-6-17/h2-14H,15H2,1H3,(H,22,23)/b12-8+. The fourth-order valence-electron chi connectivity index (χ4n) is 2.44. The normalized spacial score (nSPS) is 10.9. The van der Waals surface area contributed by atoms with Crippen molar-refractivity contribution in [3.63, 3.8) is 0 Å². The van der Waals surface area contributed by atoms with Gasteiger partial charge in [-0.25, -0.2) is 5.48 Å². The molecule has 0 saturated carbocycles. The summed E-state index contributed by atoms with van der Waals surface area (Å²) in [7, 11) is 1.65. The Bertz CT molecular complexity index is 888. The topological polar surface area (TPSA) is 47.6 Å². The molecule has 1 amide bonds. The Morgan fingerprint density at radius 1 is 1.00 bits per heavy atom. The lowest BCUT2D eigenvalue weighted by Crippen LogP contribution is -2.21. The lowest BCUT2D eigenvalue weighted by molar-refractivity contribution is -0.129. The molecular formula is C21H19NO3. The monoisotopic (exact) mass is 333 g/mol. The summed E-state index contributed by atoms with van der Waals surface area (Å²) in [6.45, 7) is 0.332. The van der Waals surface area contributed by atoms with Crippen LogP contribution in [-0.2, 0) is 16.2 Å². The van der Waals surface area contributed by atoms with Gasteiger partial charge in [-0.2, -0.15) is 0 Å². The number of rotatable bonds is 6. The molecule has 126 valence electrons. The molecule has 3 aromatic rings. The van der Waals surface area contributed by atoms with Crippen LogP contribution in [0.1, 0.15) is 11.1 Å². The van der Waals surface area contributed by atoms with E-state index in [1.54, 1.807) is 13.2 Å². The first kappa shape index (κ1) is 16.7. The summed E-state index contributed by atoms with van der Waals surface area (Å²) in [5.74, 6) is 0.525. The molecule has 1 N–H and O–H groups in total. The smallest absolute Gasteiger partial charge is 0.267 e. The predicted molar refractivity (Wildman–Crippen MR) is 98.9 cm³/mol. The number of fused-ring (bicyclic) bond motifs is 1. The van der Waals surface area contributed by atoms with Crippen LogP contribution in [0.2, 0.25) is 0 Å². The van der Waals surface area contributed by atoms with Gasteiger partial charge in [-0.05, 0) is 46.2 Å². The first-order valence-electron chi connectivity index (χ1n) is 7.96. The van der Waals surface area contributed by atoms with Crippen LogP contribution in [0.15, 0.2) is 72.8 Å². The van der Waals surface area contributed by atoms with Crippen molar-refractivity contribution in [2.45, 2.75) is 6.61 Å². The van der Waals surface area contributed by atoms with E-state index in [0.717, 1.165) is 27.6 Å². The van der Waals surface area contributed by atoms with E-state index in [4.69, 9.17) is 9.57 Å². The fourth-order valence-corrected chi connectivity index (χ4v) is 2.44. The van der Waals surface area contributed by atoms with Gasteiger partial charge >= 0.3 is 0 Å². The van der Waals surface area contributed by atoms with Crippen LogP contribution in [0.4, 0.5) is 0 Å². The van der Waals surface area contributed by atoms with Gasteiger partial charge in [0.05, 0.1) is 13.7 Å². The van der Waals surface area contributed by atoms with Gasteiger partial charge in [0, 0.05) is 6.08 Å². The lowest BCUT2D eigenvalue weighted by Gasteiger charge is -2.04. The Labute approximate surface area is 146 Å². The Kier molecular flexibility index (Phi) is 5.44. The number of nitrogens with one attached hydrogen (secondary N) is 1. The van der Waals surface area contributed by atoms with Crippen molar-refractivity contribution >= 4 is 22.8 Å².